The van der Waals surface area contributed by atoms with Crippen LogP contribution < -0.4 is 0 Å². The average Bonchev–Trinajstić information content (AvgIpc) is 3.18. The van der Waals surface area contributed by atoms with E-state index in [0.29, 0.717) is 6.54 Å². The highest BCUT2D eigenvalue weighted by Crippen LogP contribution is 2.42. The molecule has 27 heavy (non-hydrogen) atoms. The Kier molecular flexibility index (Phi) is 3.61. The topological polar surface area (TPSA) is 25.2 Å². The molecule has 5 rings (SSSR count). The maximum Gasteiger partial charge on any atom is 0.255 e. The molecule has 4 aromatic rings. The van der Waals surface area contributed by atoms with Gasteiger partial charge in [0.15, 0.2) is 0 Å². The summed E-state index contributed by atoms with van der Waals surface area (Å²) in [5.41, 5.74) is 5.41. The van der Waals surface area contributed by atoms with Gasteiger partial charge in [-0.25, -0.2) is 0 Å². The van der Waals surface area contributed by atoms with Crippen molar-refractivity contribution in [2.24, 2.45) is 7.05 Å². The van der Waals surface area contributed by atoms with Gasteiger partial charge in [-0.1, -0.05) is 66.7 Å². The van der Waals surface area contributed by atoms with Gasteiger partial charge >= 0.3 is 0 Å². The lowest BCUT2D eigenvalue weighted by molar-refractivity contribution is 0.0736. The molecule has 1 aromatic heterocycles. The Morgan fingerprint density at radius 1 is 0.815 bits per heavy atom. The zero-order valence-electron chi connectivity index (χ0n) is 15.2. The van der Waals surface area contributed by atoms with Crippen molar-refractivity contribution in [3.05, 3.63) is 107 Å². The summed E-state index contributed by atoms with van der Waals surface area (Å²) in [6, 6.07) is 26.5. The van der Waals surface area contributed by atoms with Gasteiger partial charge in [0.25, 0.3) is 5.91 Å². The Morgan fingerprint density at radius 2 is 1.52 bits per heavy atom. The molecule has 0 unspecified atom stereocenters. The van der Waals surface area contributed by atoms with Gasteiger partial charge in [-0.05, 0) is 23.3 Å². The maximum atomic E-state index is 13.2. The van der Waals surface area contributed by atoms with Crippen molar-refractivity contribution in [3.8, 4) is 0 Å². The third-order valence-electron chi connectivity index (χ3n) is 5.48. The lowest BCUT2D eigenvalue weighted by atomic mass is 9.97. The Balaban J connectivity index is 1.69. The van der Waals surface area contributed by atoms with Gasteiger partial charge in [-0.15, -0.1) is 0 Å². The van der Waals surface area contributed by atoms with Gasteiger partial charge in [-0.3, -0.25) is 4.79 Å². The molecular weight excluding hydrogens is 332 g/mol. The molecule has 3 heteroatoms. The SMILES string of the molecule is Cn1cc([C@@H]2c3ccccc3C(=O)N2Cc2ccccc2)c2ccccc21. The van der Waals surface area contributed by atoms with E-state index < -0.39 is 0 Å². The molecule has 0 radical (unpaired) electrons. The molecule has 1 aliphatic heterocycles. The van der Waals surface area contributed by atoms with E-state index >= 15 is 0 Å². The normalized spacial score (nSPS) is 16.1. The molecule has 0 fully saturated rings. The number of fused-ring (bicyclic) bond motifs is 2. The predicted octanol–water partition coefficient (Wildman–Crippen LogP) is 4.92. The first kappa shape index (κ1) is 15.9. The summed E-state index contributed by atoms with van der Waals surface area (Å²) in [6.07, 6.45) is 2.17. The second-order valence-corrected chi connectivity index (χ2v) is 7.12. The number of carbonyl (C=O) groups is 1. The molecule has 1 amide bonds. The van der Waals surface area contributed by atoms with Crippen LogP contribution >= 0.6 is 0 Å². The highest BCUT2D eigenvalue weighted by atomic mass is 16.2. The van der Waals surface area contributed by atoms with E-state index in [-0.39, 0.29) is 11.9 Å². The van der Waals surface area contributed by atoms with Crippen molar-refractivity contribution in [2.75, 3.05) is 0 Å². The van der Waals surface area contributed by atoms with Crippen molar-refractivity contribution in [2.45, 2.75) is 12.6 Å². The summed E-state index contributed by atoms with van der Waals surface area (Å²) >= 11 is 0. The minimum absolute atomic E-state index is 0.0694. The maximum absolute atomic E-state index is 13.2. The monoisotopic (exact) mass is 352 g/mol. The summed E-state index contributed by atoms with van der Waals surface area (Å²) in [5, 5.41) is 1.20. The van der Waals surface area contributed by atoms with Crippen LogP contribution in [0.3, 0.4) is 0 Å². The summed E-state index contributed by atoms with van der Waals surface area (Å²) in [6.45, 7) is 0.599. The fraction of sp³-hybridized carbons (Fsp3) is 0.125. The fourth-order valence-electron chi connectivity index (χ4n) is 4.24. The van der Waals surface area contributed by atoms with Gasteiger partial charge < -0.3 is 9.47 Å². The molecule has 2 heterocycles. The van der Waals surface area contributed by atoms with E-state index in [4.69, 9.17) is 0 Å². The molecule has 1 atom stereocenters. The van der Waals surface area contributed by atoms with Crippen molar-refractivity contribution >= 4 is 16.8 Å². The van der Waals surface area contributed by atoms with Crippen LogP contribution in [0.15, 0.2) is 85.1 Å². The third-order valence-corrected chi connectivity index (χ3v) is 5.48. The van der Waals surface area contributed by atoms with Crippen LogP contribution in [0.2, 0.25) is 0 Å². The summed E-state index contributed by atoms with van der Waals surface area (Å²) in [4.78, 5) is 15.2. The standard InChI is InChI=1S/C24H20N2O/c1-25-16-21(18-11-7-8-14-22(18)25)23-19-12-5-6-13-20(19)24(27)26(23)15-17-9-3-2-4-10-17/h2-14,16,23H,15H2,1H3/t23-/m0/s1. The molecule has 0 N–H and O–H groups in total. The predicted molar refractivity (Wildman–Crippen MR) is 108 cm³/mol. The smallest absolute Gasteiger partial charge is 0.255 e. The Labute approximate surface area is 158 Å². The minimum Gasteiger partial charge on any atom is -0.350 e. The van der Waals surface area contributed by atoms with E-state index in [9.17, 15) is 4.79 Å². The van der Waals surface area contributed by atoms with Crippen LogP contribution in [0.5, 0.6) is 0 Å². The molecule has 3 aromatic carbocycles. The average molecular weight is 352 g/mol. The van der Waals surface area contributed by atoms with Crippen LogP contribution in [-0.4, -0.2) is 15.4 Å². The van der Waals surface area contributed by atoms with Crippen LogP contribution in [0, 0.1) is 0 Å². The molecule has 0 saturated carbocycles. The second kappa shape index (κ2) is 6.13. The molecule has 0 saturated heterocycles. The Morgan fingerprint density at radius 3 is 2.37 bits per heavy atom. The summed E-state index contributed by atoms with van der Waals surface area (Å²) in [7, 11) is 2.07. The van der Waals surface area contributed by atoms with E-state index in [2.05, 4.69) is 60.3 Å². The minimum atomic E-state index is -0.0694. The van der Waals surface area contributed by atoms with Crippen LogP contribution in [0.25, 0.3) is 10.9 Å². The van der Waals surface area contributed by atoms with E-state index in [1.807, 2.05) is 41.3 Å². The summed E-state index contributed by atoms with van der Waals surface area (Å²) in [5.74, 6) is 0.104. The highest BCUT2D eigenvalue weighted by molar-refractivity contribution is 6.00. The Hall–Kier alpha value is -3.33. The number of aryl methyl sites for hydroxylation is 1. The lowest BCUT2D eigenvalue weighted by Gasteiger charge is -2.25. The second-order valence-electron chi connectivity index (χ2n) is 7.12. The fourth-order valence-corrected chi connectivity index (χ4v) is 4.24. The Bertz CT molecular complexity index is 1140. The molecular formula is C24H20N2O. The number of hydrogen-bond donors (Lipinski definition) is 0. The van der Waals surface area contributed by atoms with Gasteiger partial charge in [0.05, 0.1) is 6.04 Å². The van der Waals surface area contributed by atoms with Crippen molar-refractivity contribution in [1.29, 1.82) is 0 Å². The van der Waals surface area contributed by atoms with Gasteiger partial charge in [0, 0.05) is 41.8 Å². The van der Waals surface area contributed by atoms with Crippen LogP contribution in [0.4, 0.5) is 0 Å². The van der Waals surface area contributed by atoms with Crippen LogP contribution in [-0.2, 0) is 13.6 Å². The number of para-hydroxylation sites is 1. The number of aromatic nitrogens is 1. The van der Waals surface area contributed by atoms with E-state index in [1.165, 1.54) is 16.5 Å². The number of hydrogen-bond acceptors (Lipinski definition) is 1. The number of amides is 1. The number of benzene rings is 3. The first-order chi connectivity index (χ1) is 13.2. The molecule has 3 nitrogen and oxygen atoms in total. The molecule has 1 aliphatic rings. The molecule has 0 bridgehead atoms. The van der Waals surface area contributed by atoms with E-state index in [0.717, 1.165) is 16.7 Å². The molecule has 0 spiro atoms. The quantitative estimate of drug-likeness (QED) is 0.513. The van der Waals surface area contributed by atoms with Gasteiger partial charge in [0.1, 0.15) is 0 Å². The zero-order chi connectivity index (χ0) is 18.4. The van der Waals surface area contributed by atoms with Crippen molar-refractivity contribution < 1.29 is 4.79 Å². The third kappa shape index (κ3) is 2.47. The van der Waals surface area contributed by atoms with Crippen molar-refractivity contribution in [1.82, 2.24) is 9.47 Å². The molecule has 132 valence electrons. The largest absolute Gasteiger partial charge is 0.350 e. The lowest BCUT2D eigenvalue weighted by Crippen LogP contribution is -2.28. The van der Waals surface area contributed by atoms with Crippen molar-refractivity contribution in [3.63, 3.8) is 0 Å². The van der Waals surface area contributed by atoms with Gasteiger partial charge in [-0.2, -0.15) is 0 Å². The number of carbonyl (C=O) groups excluding carboxylic acids is 1. The van der Waals surface area contributed by atoms with E-state index in [1.54, 1.807) is 0 Å². The highest BCUT2D eigenvalue weighted by Gasteiger charge is 2.38. The first-order valence-corrected chi connectivity index (χ1v) is 9.22. The van der Waals surface area contributed by atoms with Crippen LogP contribution in [0.1, 0.15) is 33.1 Å². The molecule has 0 aliphatic carbocycles. The zero-order valence-corrected chi connectivity index (χ0v) is 15.2. The first-order valence-electron chi connectivity index (χ1n) is 9.22. The number of nitrogens with zero attached hydrogens (tertiary/aromatic N) is 2. The summed E-state index contributed by atoms with van der Waals surface area (Å²) < 4.78 is 2.15. The van der Waals surface area contributed by atoms with Gasteiger partial charge in [0.2, 0.25) is 0 Å². The number of rotatable bonds is 3.